The van der Waals surface area contributed by atoms with Crippen LogP contribution >= 0.6 is 11.8 Å². The van der Waals surface area contributed by atoms with Crippen molar-refractivity contribution in [2.24, 2.45) is 0 Å². The Hall–Kier alpha value is -14.8. The molecule has 24 heteroatoms. The van der Waals surface area contributed by atoms with Gasteiger partial charge in [0.25, 0.3) is 5.25 Å². The summed E-state index contributed by atoms with van der Waals surface area (Å²) in [6.07, 6.45) is -3.66. The Balaban J connectivity index is 0.000000143. The van der Waals surface area contributed by atoms with Crippen LogP contribution in [0.25, 0.3) is 88.1 Å². The third-order valence-corrected chi connectivity index (χ3v) is 22.7. The molecule has 4 aromatic heterocycles. The molecule has 133 heavy (non-hydrogen) atoms. The van der Waals surface area contributed by atoms with Crippen molar-refractivity contribution < 1.29 is 73.0 Å². The van der Waals surface area contributed by atoms with Gasteiger partial charge in [0.2, 0.25) is 11.8 Å². The predicted octanol–water partition coefficient (Wildman–Crippen LogP) is 29.4. The Morgan fingerprint density at radius 1 is 0.353 bits per heavy atom. The van der Waals surface area contributed by atoms with E-state index in [1.54, 1.807) is 74.4 Å². The highest BCUT2D eigenvalue weighted by Gasteiger charge is 2.35. The summed E-state index contributed by atoms with van der Waals surface area (Å²) in [5.41, 5.74) is 16.2. The zero-order chi connectivity index (χ0) is 94.6. The van der Waals surface area contributed by atoms with Crippen LogP contribution < -0.4 is 20.1 Å². The molecule has 17 aromatic rings. The normalized spacial score (nSPS) is 11.7. The molecular formula is C109H94F9N7O7S. The first-order valence-electron chi connectivity index (χ1n) is 42.9. The largest absolute Gasteiger partial charge is 0.433 e. The molecular weight excluding hydrogens is 1720 g/mol. The van der Waals surface area contributed by atoms with Gasteiger partial charge in [0.05, 0.1) is 40.5 Å². The Morgan fingerprint density at radius 3 is 1.08 bits per heavy atom. The van der Waals surface area contributed by atoms with Gasteiger partial charge in [0, 0.05) is 123 Å². The third kappa shape index (κ3) is 23.4. The lowest BCUT2D eigenvalue weighted by Crippen LogP contribution is -2.19. The zero-order valence-electron chi connectivity index (χ0n) is 74.1. The molecule has 0 aliphatic rings. The summed E-state index contributed by atoms with van der Waals surface area (Å²) in [6, 6.07) is 93.8. The van der Waals surface area contributed by atoms with Crippen molar-refractivity contribution in [3.8, 4) is 56.0 Å². The van der Waals surface area contributed by atoms with Crippen molar-refractivity contribution in [1.82, 2.24) is 23.2 Å². The van der Waals surface area contributed by atoms with Gasteiger partial charge in [-0.25, -0.2) is 9.59 Å². The number of rotatable bonds is 22. The summed E-state index contributed by atoms with van der Waals surface area (Å²) < 4.78 is 134. The number of halogens is 9. The second-order valence-corrected chi connectivity index (χ2v) is 34.4. The molecule has 17 rings (SSSR count). The second-order valence-electron chi connectivity index (χ2n) is 33.0. The van der Waals surface area contributed by atoms with Gasteiger partial charge in [-0.2, -0.15) is 39.5 Å². The van der Waals surface area contributed by atoms with E-state index in [4.69, 9.17) is 0 Å². The molecule has 0 fully saturated rings. The van der Waals surface area contributed by atoms with E-state index in [0.29, 0.717) is 75.7 Å². The van der Waals surface area contributed by atoms with Gasteiger partial charge < -0.3 is 25.0 Å². The minimum absolute atomic E-state index is 0.00314. The number of anilines is 2. The average molecular weight is 1820 g/mol. The fraction of sp³-hybridized carbons (Fsp3) is 0.165. The molecule has 0 aliphatic carbocycles. The molecule has 0 atom stereocenters. The molecule has 0 spiro atoms. The third-order valence-electron chi connectivity index (χ3n) is 21.9. The van der Waals surface area contributed by atoms with Crippen LogP contribution in [0.15, 0.2) is 351 Å². The number of amides is 2. The number of carbonyl (C=O) groups is 5. The van der Waals surface area contributed by atoms with Crippen molar-refractivity contribution in [3.05, 3.63) is 391 Å². The number of ketones is 1. The van der Waals surface area contributed by atoms with Crippen LogP contribution in [-0.2, 0) is 25.6 Å². The van der Waals surface area contributed by atoms with Gasteiger partial charge in [-0.1, -0.05) is 270 Å². The number of nitrogens with zero attached hydrogens (tertiary/aromatic N) is 5. The van der Waals surface area contributed by atoms with E-state index >= 15 is 0 Å². The summed E-state index contributed by atoms with van der Waals surface area (Å²) >= 11 is 0.508. The molecule has 0 unspecified atom stereocenters. The van der Waals surface area contributed by atoms with Gasteiger partial charge in [-0.05, 0) is 167 Å². The van der Waals surface area contributed by atoms with Crippen molar-refractivity contribution in [2.45, 2.75) is 108 Å². The van der Waals surface area contributed by atoms with Gasteiger partial charge >= 0.3 is 30.5 Å². The van der Waals surface area contributed by atoms with Gasteiger partial charge in [-0.3, -0.25) is 32.7 Å². The number of para-hydroxylation sites is 4. The first kappa shape index (κ1) is 94.4. The van der Waals surface area contributed by atoms with Crippen LogP contribution in [0.1, 0.15) is 119 Å². The number of alkyl halides is 9. The molecule has 676 valence electrons. The summed E-state index contributed by atoms with van der Waals surface area (Å²) in [5.74, 6) is 0.585. The maximum atomic E-state index is 13.6. The number of benzene rings is 13. The molecule has 0 aliphatic heterocycles. The fourth-order valence-corrected chi connectivity index (χ4v) is 16.7. The Labute approximate surface area is 767 Å². The van der Waals surface area contributed by atoms with E-state index < -0.39 is 35.2 Å². The Kier molecular flexibility index (Phi) is 28.9. The van der Waals surface area contributed by atoms with Crippen LogP contribution in [0.3, 0.4) is 0 Å². The monoisotopic (exact) mass is 1820 g/mol. The number of carbonyl (C=O) groups excluding carboxylic acids is 5. The lowest BCUT2D eigenvalue weighted by molar-refractivity contribution is -0.159. The molecule has 0 saturated carbocycles. The number of nitrogens with one attached hydrogen (secondary N) is 2. The van der Waals surface area contributed by atoms with Crippen LogP contribution in [0, 0.1) is 0 Å². The summed E-state index contributed by atoms with van der Waals surface area (Å²) in [7, 11) is 4.04. The van der Waals surface area contributed by atoms with Crippen LogP contribution in [0.4, 0.5) is 60.5 Å². The quantitative estimate of drug-likeness (QED) is 0.0384. The summed E-state index contributed by atoms with van der Waals surface area (Å²) in [5, 5.41) is 6.14. The standard InChI is InChI=1S/C32H27NO2.C27H25F2NOS.C26H25F2N3O2.C24H17F5N2O2/c1-22(2)26-12-6-7-13-27(26)29-21-33(30-15-9-8-14-28(29)30)31(34)20-23-16-18-25(19-17-23)32(35)24-10-4-3-5-11-24;1-18(2)21-8-4-5-9-22(21)24-17-30(25-11-7-6-10-23(24)25)26(31)16-19-12-14-20(15-13-19)32-27(3,28)29;1-26(27,28)33-20-14-12-19(13-15-20)29-25(32)31-17-23(22-10-6-7-11-24(22)31)21-9-5-4-8-18(21)16-30(2)3;1-23(25,26)33-16-12-10-15(11-13-16)30-22(32)31-14-19(18-7-3-5-9-21(18)31)17-6-2-4-8-20(17)24(27,28)29/h3-19,21-22H,20H2,1-2H3;4-15,17-18H,16H2,1-3H3;4-15,17H,16H2,1-3H3,(H,29,32);2-14H,1H3,(H,30,32). The van der Waals surface area contributed by atoms with E-state index in [9.17, 15) is 63.5 Å². The number of ether oxygens (including phenoxy) is 2. The molecule has 4 heterocycles. The van der Waals surface area contributed by atoms with E-state index in [1.165, 1.54) is 88.6 Å². The lowest BCUT2D eigenvalue weighted by atomic mass is 9.92. The smallest absolute Gasteiger partial charge is 0.417 e. The highest BCUT2D eigenvalue weighted by molar-refractivity contribution is 8.00. The van der Waals surface area contributed by atoms with Gasteiger partial charge in [0.15, 0.2) is 5.78 Å². The summed E-state index contributed by atoms with van der Waals surface area (Å²) in [6.45, 7) is 11.6. The van der Waals surface area contributed by atoms with E-state index in [0.717, 1.165) is 102 Å². The molecule has 2 N–H and O–H groups in total. The minimum atomic E-state index is -4.57. The number of fused-ring (bicyclic) bond motifs is 4. The topological polar surface area (TPSA) is 151 Å². The number of thioether (sulfide) groups is 1. The zero-order valence-corrected chi connectivity index (χ0v) is 74.9. The van der Waals surface area contributed by atoms with E-state index in [-0.39, 0.29) is 59.1 Å². The molecule has 13 aromatic carbocycles. The predicted molar refractivity (Wildman–Crippen MR) is 512 cm³/mol. The van der Waals surface area contributed by atoms with Gasteiger partial charge in [0.1, 0.15) is 11.5 Å². The first-order valence-corrected chi connectivity index (χ1v) is 43.7. The second kappa shape index (κ2) is 40.7. The van der Waals surface area contributed by atoms with Crippen molar-refractivity contribution in [2.75, 3.05) is 24.7 Å². The number of hydrogen-bond acceptors (Lipinski definition) is 9. The number of hydrogen-bond donors (Lipinski definition) is 2. The molecule has 0 saturated heterocycles. The van der Waals surface area contributed by atoms with E-state index in [1.807, 2.05) is 172 Å². The first-order chi connectivity index (χ1) is 63.5. The highest BCUT2D eigenvalue weighted by atomic mass is 32.2. The average Bonchev–Trinajstić information content (AvgIpc) is 1.65. The number of aromatic nitrogens is 4. The molecule has 2 amide bonds. The van der Waals surface area contributed by atoms with Crippen molar-refractivity contribution >= 4 is 96.4 Å². The van der Waals surface area contributed by atoms with Gasteiger partial charge in [-0.15, -0.1) is 0 Å². The van der Waals surface area contributed by atoms with Crippen LogP contribution in [0.5, 0.6) is 11.5 Å². The highest BCUT2D eigenvalue weighted by Crippen LogP contribution is 2.44. The Bertz CT molecular complexity index is 7030. The van der Waals surface area contributed by atoms with Crippen LogP contribution in [0.2, 0.25) is 0 Å². The minimum Gasteiger partial charge on any atom is -0.433 e. The summed E-state index contributed by atoms with van der Waals surface area (Å²) in [4.78, 5) is 68.0. The van der Waals surface area contributed by atoms with E-state index in [2.05, 4.69) is 101 Å². The van der Waals surface area contributed by atoms with Crippen LogP contribution in [-0.4, -0.2) is 84.4 Å². The van der Waals surface area contributed by atoms with Crippen molar-refractivity contribution in [1.29, 1.82) is 0 Å². The molecule has 0 bridgehead atoms. The Morgan fingerprint density at radius 2 is 0.684 bits per heavy atom. The fourth-order valence-electron chi connectivity index (χ4n) is 16.0. The maximum Gasteiger partial charge on any atom is 0.417 e. The molecule has 14 nitrogen and oxygen atoms in total. The lowest BCUT2D eigenvalue weighted by Gasteiger charge is -2.14. The molecule has 0 radical (unpaired) electrons. The van der Waals surface area contributed by atoms with Crippen molar-refractivity contribution in [3.63, 3.8) is 0 Å². The SMILES string of the molecule is CC(C)c1ccccc1-c1cn(C(=O)Cc2ccc(C(=O)c3ccccc3)cc2)c2ccccc12.CC(C)c1ccccc1-c1cn(C(=O)Cc2ccc(SC(C)(F)F)cc2)c2ccccc12.CC(F)(F)Oc1ccc(NC(=O)n2cc(-c3ccccc3C(F)(F)F)c3ccccc32)cc1.CN(C)Cc1ccccc1-c1cn(C(=O)Nc2ccc(OC(C)(F)F)cc2)c2ccccc12. The maximum absolute atomic E-state index is 13.6.